The average molecular weight is 291 g/mol. The largest absolute Gasteiger partial charge is 0.399 e. The second-order valence-corrected chi connectivity index (χ2v) is 3.93. The molecule has 0 aliphatic heterocycles. The van der Waals surface area contributed by atoms with Crippen LogP contribution in [0.15, 0.2) is 48.7 Å². The van der Waals surface area contributed by atoms with Crippen molar-refractivity contribution < 1.29 is 4.79 Å². The zero-order valence-corrected chi connectivity index (χ0v) is 11.4. The van der Waals surface area contributed by atoms with Gasteiger partial charge in [-0.25, -0.2) is 4.98 Å². The highest BCUT2D eigenvalue weighted by Crippen LogP contribution is 2.17. The first-order chi connectivity index (χ1) is 9.15. The monoisotopic (exact) mass is 290 g/mol. The fraction of sp³-hybridized carbons (Fsp3) is 0. The normalized spacial score (nSPS) is 10.0. The molecule has 104 valence electrons. The van der Waals surface area contributed by atoms with Crippen molar-refractivity contribution >= 4 is 41.6 Å². The standard InChI is InChI=1S/C14H14N4O.ClH/c15-11-5-6-12(16)10(9-11)4-7-14(19)18-13-3-1-2-8-17-13;/h1-9H,15-16H2,(H,17,18,19);1H/b7-4+;. The molecule has 5 nitrogen and oxygen atoms in total. The number of nitrogens with one attached hydrogen (secondary N) is 1. The molecule has 0 saturated carbocycles. The van der Waals surface area contributed by atoms with Gasteiger partial charge in [0.1, 0.15) is 5.82 Å². The van der Waals surface area contributed by atoms with Crippen molar-refractivity contribution in [2.75, 3.05) is 16.8 Å². The number of aromatic nitrogens is 1. The van der Waals surface area contributed by atoms with Gasteiger partial charge in [0.15, 0.2) is 0 Å². The molecular formula is C14H15ClN4O. The summed E-state index contributed by atoms with van der Waals surface area (Å²) in [6, 6.07) is 10.4. The highest BCUT2D eigenvalue weighted by atomic mass is 35.5. The molecule has 2 aromatic rings. The first-order valence-electron chi connectivity index (χ1n) is 5.70. The number of nitrogens with zero attached hydrogens (tertiary/aromatic N) is 1. The molecule has 6 heteroatoms. The van der Waals surface area contributed by atoms with Crippen LogP contribution in [-0.4, -0.2) is 10.9 Å². The molecular weight excluding hydrogens is 276 g/mol. The van der Waals surface area contributed by atoms with Crippen LogP contribution in [-0.2, 0) is 4.79 Å². The van der Waals surface area contributed by atoms with Crippen molar-refractivity contribution in [1.29, 1.82) is 0 Å². The van der Waals surface area contributed by atoms with Gasteiger partial charge >= 0.3 is 0 Å². The lowest BCUT2D eigenvalue weighted by Gasteiger charge is -2.02. The van der Waals surface area contributed by atoms with Crippen molar-refractivity contribution in [3.05, 3.63) is 54.2 Å². The second kappa shape index (κ2) is 7.16. The van der Waals surface area contributed by atoms with Crippen LogP contribution in [0.2, 0.25) is 0 Å². The van der Waals surface area contributed by atoms with Gasteiger partial charge in [-0.05, 0) is 42.0 Å². The second-order valence-electron chi connectivity index (χ2n) is 3.93. The first-order valence-corrected chi connectivity index (χ1v) is 5.70. The Balaban J connectivity index is 0.00000200. The molecule has 0 aliphatic rings. The Bertz CT molecular complexity index is 614. The van der Waals surface area contributed by atoms with E-state index in [2.05, 4.69) is 10.3 Å². The van der Waals surface area contributed by atoms with Crippen LogP contribution in [0, 0.1) is 0 Å². The van der Waals surface area contributed by atoms with E-state index in [0.717, 1.165) is 0 Å². The van der Waals surface area contributed by atoms with E-state index in [1.807, 2.05) is 0 Å². The number of benzene rings is 1. The number of carbonyl (C=O) groups is 1. The quantitative estimate of drug-likeness (QED) is 0.597. The summed E-state index contributed by atoms with van der Waals surface area (Å²) in [5.74, 6) is 0.221. The molecule has 2 rings (SSSR count). The molecule has 1 aromatic carbocycles. The van der Waals surface area contributed by atoms with E-state index in [1.165, 1.54) is 6.08 Å². The molecule has 0 bridgehead atoms. The number of rotatable bonds is 3. The maximum Gasteiger partial charge on any atom is 0.249 e. The molecule has 1 heterocycles. The van der Waals surface area contributed by atoms with E-state index >= 15 is 0 Å². The van der Waals surface area contributed by atoms with Gasteiger partial charge in [0.2, 0.25) is 5.91 Å². The lowest BCUT2D eigenvalue weighted by molar-refractivity contribution is -0.111. The van der Waals surface area contributed by atoms with Crippen LogP contribution in [0.3, 0.4) is 0 Å². The third-order valence-corrected chi connectivity index (χ3v) is 2.44. The SMILES string of the molecule is Cl.Nc1ccc(N)c(/C=C/C(=O)Nc2ccccn2)c1. The summed E-state index contributed by atoms with van der Waals surface area (Å²) < 4.78 is 0. The van der Waals surface area contributed by atoms with E-state index in [-0.39, 0.29) is 18.3 Å². The van der Waals surface area contributed by atoms with E-state index in [0.29, 0.717) is 22.8 Å². The van der Waals surface area contributed by atoms with E-state index in [1.54, 1.807) is 48.7 Å². The van der Waals surface area contributed by atoms with Crippen LogP contribution in [0.5, 0.6) is 0 Å². The molecule has 0 aliphatic carbocycles. The van der Waals surface area contributed by atoms with Crippen LogP contribution in [0.25, 0.3) is 6.08 Å². The Morgan fingerprint density at radius 1 is 1.20 bits per heavy atom. The van der Waals surface area contributed by atoms with Gasteiger partial charge in [0.05, 0.1) is 0 Å². The Morgan fingerprint density at radius 3 is 2.70 bits per heavy atom. The van der Waals surface area contributed by atoms with Gasteiger partial charge in [-0.15, -0.1) is 12.4 Å². The fourth-order valence-corrected chi connectivity index (χ4v) is 1.51. The molecule has 1 aromatic heterocycles. The zero-order valence-electron chi connectivity index (χ0n) is 10.6. The number of hydrogen-bond acceptors (Lipinski definition) is 4. The summed E-state index contributed by atoms with van der Waals surface area (Å²) in [7, 11) is 0. The van der Waals surface area contributed by atoms with Gasteiger partial charge in [0, 0.05) is 23.6 Å². The highest BCUT2D eigenvalue weighted by Gasteiger charge is 1.99. The average Bonchev–Trinajstić information content (AvgIpc) is 2.41. The number of pyridine rings is 1. The number of hydrogen-bond donors (Lipinski definition) is 3. The van der Waals surface area contributed by atoms with Gasteiger partial charge in [-0.2, -0.15) is 0 Å². The van der Waals surface area contributed by atoms with Crippen molar-refractivity contribution in [2.24, 2.45) is 0 Å². The van der Waals surface area contributed by atoms with Crippen molar-refractivity contribution in [2.45, 2.75) is 0 Å². The highest BCUT2D eigenvalue weighted by molar-refractivity contribution is 6.01. The van der Waals surface area contributed by atoms with E-state index in [4.69, 9.17) is 11.5 Å². The van der Waals surface area contributed by atoms with Gasteiger partial charge in [0.25, 0.3) is 0 Å². The maximum atomic E-state index is 11.7. The van der Waals surface area contributed by atoms with Crippen molar-refractivity contribution in [1.82, 2.24) is 4.98 Å². The molecule has 0 atom stereocenters. The smallest absolute Gasteiger partial charge is 0.249 e. The fourth-order valence-electron chi connectivity index (χ4n) is 1.51. The molecule has 1 amide bonds. The molecule has 20 heavy (non-hydrogen) atoms. The zero-order chi connectivity index (χ0) is 13.7. The van der Waals surface area contributed by atoms with Gasteiger partial charge in [-0.3, -0.25) is 4.79 Å². The predicted octanol–water partition coefficient (Wildman–Crippen LogP) is 2.32. The number of anilines is 3. The van der Waals surface area contributed by atoms with Crippen molar-refractivity contribution in [3.8, 4) is 0 Å². The lowest BCUT2D eigenvalue weighted by Crippen LogP contribution is -2.08. The molecule has 5 N–H and O–H groups in total. The van der Waals surface area contributed by atoms with Gasteiger partial charge < -0.3 is 16.8 Å². The topological polar surface area (TPSA) is 94.0 Å². The number of nitrogen functional groups attached to an aromatic ring is 2. The van der Waals surface area contributed by atoms with Crippen LogP contribution in [0.4, 0.5) is 17.2 Å². The predicted molar refractivity (Wildman–Crippen MR) is 84.4 cm³/mol. The number of carbonyl (C=O) groups excluding carboxylic acids is 1. The minimum absolute atomic E-state index is 0. The maximum absolute atomic E-state index is 11.7. The van der Waals surface area contributed by atoms with Crippen molar-refractivity contribution in [3.63, 3.8) is 0 Å². The molecule has 0 spiro atoms. The number of halogens is 1. The summed E-state index contributed by atoms with van der Waals surface area (Å²) >= 11 is 0. The number of amides is 1. The summed E-state index contributed by atoms with van der Waals surface area (Å²) in [4.78, 5) is 15.7. The van der Waals surface area contributed by atoms with E-state index < -0.39 is 0 Å². The Hall–Kier alpha value is -2.53. The minimum Gasteiger partial charge on any atom is -0.399 e. The first kappa shape index (κ1) is 15.5. The third-order valence-electron chi connectivity index (χ3n) is 2.44. The van der Waals surface area contributed by atoms with E-state index in [9.17, 15) is 4.79 Å². The van der Waals surface area contributed by atoms with Crippen LogP contribution >= 0.6 is 12.4 Å². The summed E-state index contributed by atoms with van der Waals surface area (Å²) in [5.41, 5.74) is 13.3. The summed E-state index contributed by atoms with van der Waals surface area (Å²) in [6.45, 7) is 0. The van der Waals surface area contributed by atoms with Crippen LogP contribution < -0.4 is 16.8 Å². The Kier molecular flexibility index (Phi) is 5.56. The van der Waals surface area contributed by atoms with Gasteiger partial charge in [-0.1, -0.05) is 6.07 Å². The summed E-state index contributed by atoms with van der Waals surface area (Å²) in [6.07, 6.45) is 4.61. The lowest BCUT2D eigenvalue weighted by atomic mass is 10.1. The Labute approximate surface area is 123 Å². The molecule has 0 fully saturated rings. The third kappa shape index (κ3) is 4.29. The minimum atomic E-state index is -0.277. The number of nitrogens with two attached hydrogens (primary N) is 2. The summed E-state index contributed by atoms with van der Waals surface area (Å²) in [5, 5.41) is 2.64. The molecule has 0 radical (unpaired) electrons. The Morgan fingerprint density at radius 2 is 2.00 bits per heavy atom. The molecule has 0 unspecified atom stereocenters. The van der Waals surface area contributed by atoms with Crippen LogP contribution in [0.1, 0.15) is 5.56 Å². The molecule has 0 saturated heterocycles.